The van der Waals surface area contributed by atoms with Crippen molar-refractivity contribution in [2.75, 3.05) is 5.32 Å². The Morgan fingerprint density at radius 1 is 1.29 bits per heavy atom. The lowest BCUT2D eigenvalue weighted by atomic mass is 10.1. The van der Waals surface area contributed by atoms with Crippen LogP contribution in [0.2, 0.25) is 0 Å². The summed E-state index contributed by atoms with van der Waals surface area (Å²) in [5, 5.41) is 6.32. The van der Waals surface area contributed by atoms with Gasteiger partial charge < -0.3 is 5.32 Å². The molecule has 2 aromatic rings. The Hall–Kier alpha value is -1.61. The van der Waals surface area contributed by atoms with E-state index >= 15 is 0 Å². The van der Waals surface area contributed by atoms with E-state index in [0.717, 1.165) is 22.7 Å². The Labute approximate surface area is 105 Å². The summed E-state index contributed by atoms with van der Waals surface area (Å²) >= 11 is 1.59. The monoisotopic (exact) mass is 245 g/mol. The van der Waals surface area contributed by atoms with Gasteiger partial charge in [-0.25, -0.2) is 0 Å². The second-order valence-electron chi connectivity index (χ2n) is 4.02. The topological polar surface area (TPSA) is 29.1 Å². The van der Waals surface area contributed by atoms with E-state index in [1.54, 1.807) is 18.3 Å². The molecule has 0 spiro atoms. The summed E-state index contributed by atoms with van der Waals surface area (Å²) in [5.74, 6) is 0.124. The summed E-state index contributed by atoms with van der Waals surface area (Å²) in [6, 6.07) is 10.2. The second-order valence-corrected chi connectivity index (χ2v) is 4.90. The molecule has 0 amide bonds. The largest absolute Gasteiger partial charge is 0.372 e. The van der Waals surface area contributed by atoms with Crippen molar-refractivity contribution < 1.29 is 4.79 Å². The minimum Gasteiger partial charge on any atom is -0.372 e. The van der Waals surface area contributed by atoms with Crippen molar-refractivity contribution in [2.45, 2.75) is 20.4 Å². The summed E-state index contributed by atoms with van der Waals surface area (Å²) < 4.78 is 0. The van der Waals surface area contributed by atoms with Crippen LogP contribution >= 0.6 is 11.3 Å². The molecule has 2 rings (SSSR count). The number of aryl methyl sites for hydroxylation is 1. The van der Waals surface area contributed by atoms with E-state index in [0.29, 0.717) is 0 Å². The molecule has 0 unspecified atom stereocenters. The second kappa shape index (κ2) is 5.15. The lowest BCUT2D eigenvalue weighted by molar-refractivity contribution is 0.101. The lowest BCUT2D eigenvalue weighted by Gasteiger charge is -2.06. The Bertz CT molecular complexity index is 516. The lowest BCUT2D eigenvalue weighted by Crippen LogP contribution is -2.02. The molecular formula is C14H15NOS. The fraction of sp³-hybridized carbons (Fsp3) is 0.214. The van der Waals surface area contributed by atoms with Gasteiger partial charge in [0.1, 0.15) is 0 Å². The van der Waals surface area contributed by atoms with Crippen molar-refractivity contribution in [3.63, 3.8) is 0 Å². The highest BCUT2D eigenvalue weighted by Crippen LogP contribution is 2.28. The van der Waals surface area contributed by atoms with E-state index in [1.807, 2.05) is 30.5 Å². The maximum Gasteiger partial charge on any atom is 0.163 e. The van der Waals surface area contributed by atoms with E-state index in [9.17, 15) is 4.79 Å². The summed E-state index contributed by atoms with van der Waals surface area (Å²) in [5.41, 5.74) is 3.09. The maximum absolute atomic E-state index is 11.5. The zero-order valence-electron chi connectivity index (χ0n) is 9.99. The van der Waals surface area contributed by atoms with Crippen LogP contribution in [-0.2, 0) is 6.54 Å². The van der Waals surface area contributed by atoms with Crippen molar-refractivity contribution in [3.05, 3.63) is 52.4 Å². The van der Waals surface area contributed by atoms with Gasteiger partial charge in [-0.15, -0.1) is 11.3 Å². The molecule has 0 fully saturated rings. The zero-order chi connectivity index (χ0) is 12.3. The average molecular weight is 245 g/mol. The summed E-state index contributed by atoms with van der Waals surface area (Å²) in [7, 11) is 0. The van der Waals surface area contributed by atoms with Gasteiger partial charge in [0.05, 0.1) is 10.6 Å². The number of Topliss-reactive ketones (excluding diaryl/α,β-unsaturated/α-hetero) is 1. The first-order valence-corrected chi connectivity index (χ1v) is 6.43. The van der Waals surface area contributed by atoms with Gasteiger partial charge in [-0.05, 0) is 30.4 Å². The van der Waals surface area contributed by atoms with Crippen molar-refractivity contribution in [1.29, 1.82) is 0 Å². The number of rotatable bonds is 4. The number of anilines is 1. The van der Waals surface area contributed by atoms with Crippen LogP contribution in [0.5, 0.6) is 0 Å². The summed E-state index contributed by atoms with van der Waals surface area (Å²) in [4.78, 5) is 11.5. The average Bonchev–Trinajstić information content (AvgIpc) is 2.69. The van der Waals surface area contributed by atoms with Crippen LogP contribution in [0.1, 0.15) is 28.4 Å². The zero-order valence-corrected chi connectivity index (χ0v) is 10.8. The SMILES string of the molecule is CC(=O)c1c(C)csc1NCc1ccccc1. The first-order valence-electron chi connectivity index (χ1n) is 5.55. The van der Waals surface area contributed by atoms with Gasteiger partial charge >= 0.3 is 0 Å². The van der Waals surface area contributed by atoms with E-state index in [-0.39, 0.29) is 5.78 Å². The predicted molar refractivity (Wildman–Crippen MR) is 72.8 cm³/mol. The normalized spacial score (nSPS) is 10.2. The first-order chi connectivity index (χ1) is 8.18. The van der Waals surface area contributed by atoms with Gasteiger partial charge in [0.15, 0.2) is 5.78 Å². The molecule has 1 heterocycles. The molecule has 0 radical (unpaired) electrons. The Morgan fingerprint density at radius 2 is 2.00 bits per heavy atom. The Kier molecular flexibility index (Phi) is 3.59. The van der Waals surface area contributed by atoms with Crippen molar-refractivity contribution in [1.82, 2.24) is 0 Å². The van der Waals surface area contributed by atoms with E-state index in [1.165, 1.54) is 5.56 Å². The number of carbonyl (C=O) groups excluding carboxylic acids is 1. The molecular weight excluding hydrogens is 230 g/mol. The van der Waals surface area contributed by atoms with Gasteiger partial charge in [-0.3, -0.25) is 4.79 Å². The first kappa shape index (κ1) is 11.9. The van der Waals surface area contributed by atoms with Gasteiger partial charge in [0.25, 0.3) is 0 Å². The highest BCUT2D eigenvalue weighted by molar-refractivity contribution is 7.14. The molecule has 1 aromatic carbocycles. The van der Waals surface area contributed by atoms with Crippen LogP contribution < -0.4 is 5.32 Å². The fourth-order valence-electron chi connectivity index (χ4n) is 1.79. The maximum atomic E-state index is 11.5. The predicted octanol–water partition coefficient (Wildman–Crippen LogP) is 3.87. The van der Waals surface area contributed by atoms with E-state index in [4.69, 9.17) is 0 Å². The van der Waals surface area contributed by atoms with Gasteiger partial charge in [0, 0.05) is 6.54 Å². The van der Waals surface area contributed by atoms with Crippen molar-refractivity contribution >= 4 is 22.1 Å². The molecule has 0 aliphatic heterocycles. The number of hydrogen-bond donors (Lipinski definition) is 1. The van der Waals surface area contributed by atoms with Gasteiger partial charge in [-0.1, -0.05) is 30.3 Å². The standard InChI is InChI=1S/C14H15NOS/c1-10-9-17-14(13(10)11(2)16)15-8-12-6-4-3-5-7-12/h3-7,9,15H,8H2,1-2H3. The van der Waals surface area contributed by atoms with Gasteiger partial charge in [-0.2, -0.15) is 0 Å². The highest BCUT2D eigenvalue weighted by atomic mass is 32.1. The minimum atomic E-state index is 0.124. The summed E-state index contributed by atoms with van der Waals surface area (Å²) in [6.45, 7) is 4.34. The molecule has 3 heteroatoms. The number of hydrogen-bond acceptors (Lipinski definition) is 3. The molecule has 0 aliphatic carbocycles. The third-order valence-corrected chi connectivity index (χ3v) is 3.68. The molecule has 88 valence electrons. The number of benzene rings is 1. The van der Waals surface area contributed by atoms with Crippen molar-refractivity contribution in [2.24, 2.45) is 0 Å². The third kappa shape index (κ3) is 2.74. The molecule has 0 aliphatic rings. The molecule has 1 N–H and O–H groups in total. The Balaban J connectivity index is 2.12. The summed E-state index contributed by atoms with van der Waals surface area (Å²) in [6.07, 6.45) is 0. The van der Waals surface area contributed by atoms with Crippen LogP contribution in [0.25, 0.3) is 0 Å². The van der Waals surface area contributed by atoms with Crippen LogP contribution in [0.3, 0.4) is 0 Å². The van der Waals surface area contributed by atoms with E-state index < -0.39 is 0 Å². The molecule has 0 bridgehead atoms. The fourth-order valence-corrected chi connectivity index (χ4v) is 2.78. The van der Waals surface area contributed by atoms with Crippen LogP contribution in [0.15, 0.2) is 35.7 Å². The molecule has 2 nitrogen and oxygen atoms in total. The molecule has 0 saturated carbocycles. The molecule has 1 aromatic heterocycles. The highest BCUT2D eigenvalue weighted by Gasteiger charge is 2.12. The smallest absolute Gasteiger partial charge is 0.163 e. The minimum absolute atomic E-state index is 0.124. The van der Waals surface area contributed by atoms with Gasteiger partial charge in [0.2, 0.25) is 0 Å². The van der Waals surface area contributed by atoms with Crippen LogP contribution in [0.4, 0.5) is 5.00 Å². The van der Waals surface area contributed by atoms with Crippen molar-refractivity contribution in [3.8, 4) is 0 Å². The van der Waals surface area contributed by atoms with Crippen LogP contribution in [0, 0.1) is 6.92 Å². The molecule has 17 heavy (non-hydrogen) atoms. The number of carbonyl (C=O) groups is 1. The third-order valence-electron chi connectivity index (χ3n) is 2.62. The number of nitrogens with one attached hydrogen (secondary N) is 1. The van der Waals surface area contributed by atoms with E-state index in [2.05, 4.69) is 17.4 Å². The number of thiophene rings is 1. The molecule has 0 saturated heterocycles. The Morgan fingerprint density at radius 3 is 2.65 bits per heavy atom. The number of ketones is 1. The quantitative estimate of drug-likeness (QED) is 0.828. The molecule has 0 atom stereocenters. The van der Waals surface area contributed by atoms with Crippen LogP contribution in [-0.4, -0.2) is 5.78 Å².